The van der Waals surface area contributed by atoms with E-state index in [2.05, 4.69) is 17.0 Å². The zero-order valence-electron chi connectivity index (χ0n) is 10.6. The third-order valence-corrected chi connectivity index (χ3v) is 3.97. The molecule has 18 heavy (non-hydrogen) atoms. The summed E-state index contributed by atoms with van der Waals surface area (Å²) in [7, 11) is 2.02. The van der Waals surface area contributed by atoms with Gasteiger partial charge in [0.05, 0.1) is 10.6 Å². The van der Waals surface area contributed by atoms with Gasteiger partial charge >= 0.3 is 0 Å². The van der Waals surface area contributed by atoms with Gasteiger partial charge in [0.25, 0.3) is 0 Å². The average Bonchev–Trinajstić information content (AvgIpc) is 3.20. The Labute approximate surface area is 112 Å². The third-order valence-electron chi connectivity index (χ3n) is 3.65. The summed E-state index contributed by atoms with van der Waals surface area (Å²) in [6.45, 7) is 2.19. The first-order chi connectivity index (χ1) is 8.56. The number of halogens is 1. The van der Waals surface area contributed by atoms with E-state index >= 15 is 0 Å². The lowest BCUT2D eigenvalue weighted by Crippen LogP contribution is -2.32. The Bertz CT molecular complexity index is 471. The fourth-order valence-corrected chi connectivity index (χ4v) is 2.49. The number of benzene rings is 1. The number of rotatable bonds is 4. The van der Waals surface area contributed by atoms with Crippen LogP contribution < -0.4 is 10.6 Å². The van der Waals surface area contributed by atoms with Crippen molar-refractivity contribution in [1.29, 1.82) is 0 Å². The van der Waals surface area contributed by atoms with Crippen LogP contribution in [0.5, 0.6) is 0 Å². The molecule has 0 radical (unpaired) electrons. The van der Waals surface area contributed by atoms with E-state index in [1.165, 1.54) is 12.8 Å². The molecule has 0 heterocycles. The van der Waals surface area contributed by atoms with Crippen molar-refractivity contribution < 1.29 is 5.21 Å². The minimum Gasteiger partial charge on any atom is -0.409 e. The lowest BCUT2D eigenvalue weighted by Gasteiger charge is -2.29. The monoisotopic (exact) mass is 267 g/mol. The maximum Gasteiger partial charge on any atom is 0.173 e. The van der Waals surface area contributed by atoms with Crippen LogP contribution in [0.15, 0.2) is 23.4 Å². The van der Waals surface area contributed by atoms with Gasteiger partial charge in [-0.25, -0.2) is 0 Å². The van der Waals surface area contributed by atoms with E-state index < -0.39 is 0 Å². The van der Waals surface area contributed by atoms with Gasteiger partial charge in [-0.2, -0.15) is 0 Å². The first kappa shape index (κ1) is 13.0. The molecule has 1 aliphatic rings. The summed E-state index contributed by atoms with van der Waals surface area (Å²) in [5.74, 6) is 0.777. The molecule has 0 bridgehead atoms. The first-order valence-corrected chi connectivity index (χ1v) is 6.43. The van der Waals surface area contributed by atoms with E-state index in [-0.39, 0.29) is 5.84 Å². The summed E-state index contributed by atoms with van der Waals surface area (Å²) < 4.78 is 0. The molecule has 0 amide bonds. The van der Waals surface area contributed by atoms with E-state index in [4.69, 9.17) is 22.5 Å². The van der Waals surface area contributed by atoms with Gasteiger partial charge in [-0.05, 0) is 37.8 Å². The molecular weight excluding hydrogens is 250 g/mol. The first-order valence-electron chi connectivity index (χ1n) is 6.05. The molecule has 1 atom stereocenters. The van der Waals surface area contributed by atoms with Crippen LogP contribution in [0.3, 0.4) is 0 Å². The number of nitrogens with zero attached hydrogens (tertiary/aromatic N) is 2. The Hall–Kier alpha value is -1.42. The standard InChI is InChI=1S/C13H18ClN3O/c1-8(9-6-7-9)17(2)11-5-3-4-10(14)12(11)13(15)16-18/h3-5,8-9,18H,6-7H2,1-2H3,(H2,15,16). The highest BCUT2D eigenvalue weighted by atomic mass is 35.5. The maximum absolute atomic E-state index is 8.86. The Morgan fingerprint density at radius 1 is 1.56 bits per heavy atom. The van der Waals surface area contributed by atoms with Crippen molar-refractivity contribution in [3.8, 4) is 0 Å². The zero-order valence-corrected chi connectivity index (χ0v) is 11.4. The molecule has 0 spiro atoms. The quantitative estimate of drug-likeness (QED) is 0.382. The fourth-order valence-electron chi connectivity index (χ4n) is 2.22. The van der Waals surface area contributed by atoms with Gasteiger partial charge in [0.15, 0.2) is 5.84 Å². The molecule has 1 saturated carbocycles. The van der Waals surface area contributed by atoms with Gasteiger partial charge in [0.2, 0.25) is 0 Å². The smallest absolute Gasteiger partial charge is 0.173 e. The van der Waals surface area contributed by atoms with Crippen molar-refractivity contribution in [2.75, 3.05) is 11.9 Å². The summed E-state index contributed by atoms with van der Waals surface area (Å²) in [6.07, 6.45) is 2.54. The number of hydrogen-bond donors (Lipinski definition) is 2. The second-order valence-electron chi connectivity index (χ2n) is 4.81. The van der Waals surface area contributed by atoms with E-state index in [9.17, 15) is 0 Å². The molecule has 2 rings (SSSR count). The number of nitrogens with two attached hydrogens (primary N) is 1. The lowest BCUT2D eigenvalue weighted by atomic mass is 10.1. The van der Waals surface area contributed by atoms with Gasteiger partial charge in [-0.1, -0.05) is 22.8 Å². The Kier molecular flexibility index (Phi) is 3.66. The molecule has 1 fully saturated rings. The van der Waals surface area contributed by atoms with Crippen LogP contribution in [-0.4, -0.2) is 24.1 Å². The van der Waals surface area contributed by atoms with Crippen LogP contribution in [0.2, 0.25) is 5.02 Å². The summed E-state index contributed by atoms with van der Waals surface area (Å²) >= 11 is 6.15. The van der Waals surface area contributed by atoms with E-state index in [1.807, 2.05) is 19.2 Å². The second kappa shape index (κ2) is 5.06. The number of oxime groups is 1. The molecule has 98 valence electrons. The van der Waals surface area contributed by atoms with Gasteiger partial charge in [-0.3, -0.25) is 0 Å². The van der Waals surface area contributed by atoms with Crippen molar-refractivity contribution >= 4 is 23.1 Å². The molecule has 1 aliphatic carbocycles. The number of amidine groups is 1. The van der Waals surface area contributed by atoms with Crippen LogP contribution >= 0.6 is 11.6 Å². The average molecular weight is 268 g/mol. The summed E-state index contributed by atoms with van der Waals surface area (Å²) in [5, 5.41) is 12.4. The van der Waals surface area contributed by atoms with Gasteiger partial charge in [-0.15, -0.1) is 0 Å². The minimum atomic E-state index is 0.0467. The van der Waals surface area contributed by atoms with Crippen molar-refractivity contribution in [2.24, 2.45) is 16.8 Å². The Balaban J connectivity index is 2.40. The van der Waals surface area contributed by atoms with E-state index in [0.29, 0.717) is 16.6 Å². The highest BCUT2D eigenvalue weighted by molar-refractivity contribution is 6.34. The lowest BCUT2D eigenvalue weighted by molar-refractivity contribution is 0.318. The van der Waals surface area contributed by atoms with Crippen LogP contribution in [0.1, 0.15) is 25.3 Å². The topological polar surface area (TPSA) is 61.8 Å². The molecule has 1 aromatic rings. The van der Waals surface area contributed by atoms with Crippen molar-refractivity contribution in [3.05, 3.63) is 28.8 Å². The molecule has 0 aromatic heterocycles. The minimum absolute atomic E-state index is 0.0467. The van der Waals surface area contributed by atoms with Crippen LogP contribution in [-0.2, 0) is 0 Å². The van der Waals surface area contributed by atoms with Crippen LogP contribution in [0, 0.1) is 5.92 Å². The van der Waals surface area contributed by atoms with Crippen LogP contribution in [0.25, 0.3) is 0 Å². The zero-order chi connectivity index (χ0) is 13.3. The second-order valence-corrected chi connectivity index (χ2v) is 5.22. The molecular formula is C13H18ClN3O. The van der Waals surface area contributed by atoms with Gasteiger partial charge in [0, 0.05) is 18.8 Å². The molecule has 0 saturated heterocycles. The molecule has 3 N–H and O–H groups in total. The molecule has 1 aromatic carbocycles. The highest BCUT2D eigenvalue weighted by Crippen LogP contribution is 2.37. The molecule has 4 nitrogen and oxygen atoms in total. The summed E-state index contributed by atoms with van der Waals surface area (Å²) in [4.78, 5) is 2.15. The van der Waals surface area contributed by atoms with Crippen molar-refractivity contribution in [1.82, 2.24) is 0 Å². The molecule has 1 unspecified atom stereocenters. The van der Waals surface area contributed by atoms with Gasteiger partial charge < -0.3 is 15.8 Å². The summed E-state index contributed by atoms with van der Waals surface area (Å²) in [5.41, 5.74) is 7.21. The number of anilines is 1. The van der Waals surface area contributed by atoms with Gasteiger partial charge in [0.1, 0.15) is 0 Å². The molecule has 0 aliphatic heterocycles. The predicted octanol–water partition coefficient (Wildman–Crippen LogP) is 2.67. The summed E-state index contributed by atoms with van der Waals surface area (Å²) in [6, 6.07) is 5.99. The maximum atomic E-state index is 8.86. The Morgan fingerprint density at radius 2 is 2.22 bits per heavy atom. The fraction of sp³-hybridized carbons (Fsp3) is 0.462. The predicted molar refractivity (Wildman–Crippen MR) is 74.6 cm³/mol. The third kappa shape index (κ3) is 2.38. The number of hydrogen-bond acceptors (Lipinski definition) is 3. The molecule has 5 heteroatoms. The van der Waals surface area contributed by atoms with E-state index in [0.717, 1.165) is 11.6 Å². The van der Waals surface area contributed by atoms with Crippen LogP contribution in [0.4, 0.5) is 5.69 Å². The normalized spacial score (nSPS) is 17.6. The van der Waals surface area contributed by atoms with Crippen molar-refractivity contribution in [3.63, 3.8) is 0 Å². The highest BCUT2D eigenvalue weighted by Gasteiger charge is 2.31. The largest absolute Gasteiger partial charge is 0.409 e. The SMILES string of the molecule is CC(C1CC1)N(C)c1cccc(Cl)c1C(N)=NO. The van der Waals surface area contributed by atoms with E-state index in [1.54, 1.807) is 6.07 Å². The Morgan fingerprint density at radius 3 is 2.78 bits per heavy atom. The van der Waals surface area contributed by atoms with Crippen molar-refractivity contribution in [2.45, 2.75) is 25.8 Å².